The molecule has 7 heteroatoms. The maximum atomic E-state index is 12.8. The summed E-state index contributed by atoms with van der Waals surface area (Å²) in [6, 6.07) is 13.3. The number of sulfonamides is 1. The van der Waals surface area contributed by atoms with Crippen molar-refractivity contribution in [2.45, 2.75) is 50.0 Å². The Balaban J connectivity index is 1.85. The topological polar surface area (TPSA) is 84.5 Å². The van der Waals surface area contributed by atoms with Crippen LogP contribution in [0.4, 0.5) is 5.69 Å². The lowest BCUT2D eigenvalue weighted by Gasteiger charge is -2.23. The van der Waals surface area contributed by atoms with Gasteiger partial charge < -0.3 is 10.1 Å². The summed E-state index contributed by atoms with van der Waals surface area (Å²) in [7, 11) is -3.67. The van der Waals surface area contributed by atoms with Crippen LogP contribution >= 0.6 is 0 Å². The van der Waals surface area contributed by atoms with Crippen molar-refractivity contribution in [3.63, 3.8) is 0 Å². The lowest BCUT2D eigenvalue weighted by molar-refractivity contribution is 0.102. The highest BCUT2D eigenvalue weighted by molar-refractivity contribution is 7.89. The van der Waals surface area contributed by atoms with Crippen LogP contribution in [0.25, 0.3) is 0 Å². The van der Waals surface area contributed by atoms with Gasteiger partial charge >= 0.3 is 0 Å². The van der Waals surface area contributed by atoms with Gasteiger partial charge in [-0.3, -0.25) is 4.79 Å². The molecule has 1 amide bonds. The first kappa shape index (κ1) is 20.4. The molecule has 6 nitrogen and oxygen atoms in total. The number of amides is 1. The van der Waals surface area contributed by atoms with Crippen molar-refractivity contribution in [2.24, 2.45) is 0 Å². The normalized spacial score (nSPS) is 15.2. The summed E-state index contributed by atoms with van der Waals surface area (Å²) in [6.07, 6.45) is 4.93. The van der Waals surface area contributed by atoms with E-state index in [4.69, 9.17) is 4.74 Å². The molecule has 1 aliphatic rings. The van der Waals surface area contributed by atoms with E-state index in [1.165, 1.54) is 12.1 Å². The summed E-state index contributed by atoms with van der Waals surface area (Å²) in [5.41, 5.74) is 0.820. The molecule has 0 spiro atoms. The molecule has 0 unspecified atom stereocenters. The number of benzene rings is 2. The summed E-state index contributed by atoms with van der Waals surface area (Å²) in [5, 5.41) is 2.77. The van der Waals surface area contributed by atoms with Crippen molar-refractivity contribution in [3.05, 3.63) is 54.1 Å². The van der Waals surface area contributed by atoms with E-state index in [-0.39, 0.29) is 16.8 Å². The number of hydrogen-bond acceptors (Lipinski definition) is 4. The Kier molecular flexibility index (Phi) is 6.70. The quantitative estimate of drug-likeness (QED) is 0.734. The fourth-order valence-corrected chi connectivity index (χ4v) is 4.68. The van der Waals surface area contributed by atoms with E-state index < -0.39 is 10.0 Å². The van der Waals surface area contributed by atoms with Gasteiger partial charge in [-0.2, -0.15) is 0 Å². The number of ether oxygens (including phenoxy) is 1. The molecule has 2 aromatic carbocycles. The smallest absolute Gasteiger partial charge is 0.255 e. The highest BCUT2D eigenvalue weighted by atomic mass is 32.2. The van der Waals surface area contributed by atoms with Crippen molar-refractivity contribution < 1.29 is 17.9 Å². The van der Waals surface area contributed by atoms with Crippen LogP contribution in [0.2, 0.25) is 0 Å². The molecule has 0 heterocycles. The fourth-order valence-electron chi connectivity index (χ4n) is 3.35. The van der Waals surface area contributed by atoms with E-state index in [1.807, 2.05) is 13.0 Å². The minimum atomic E-state index is -3.67. The maximum Gasteiger partial charge on any atom is 0.255 e. The zero-order valence-electron chi connectivity index (χ0n) is 16.0. The Hall–Kier alpha value is -2.38. The van der Waals surface area contributed by atoms with Crippen molar-refractivity contribution in [1.29, 1.82) is 0 Å². The Morgan fingerprint density at radius 1 is 1.07 bits per heavy atom. The number of rotatable bonds is 7. The summed E-state index contributed by atoms with van der Waals surface area (Å²) in [6.45, 7) is 2.23. The molecule has 1 saturated carbocycles. The van der Waals surface area contributed by atoms with Crippen LogP contribution in [0.5, 0.6) is 5.75 Å². The first-order valence-corrected chi connectivity index (χ1v) is 11.1. The van der Waals surface area contributed by atoms with Crippen molar-refractivity contribution in [2.75, 3.05) is 11.9 Å². The van der Waals surface area contributed by atoms with Gasteiger partial charge in [0.15, 0.2) is 0 Å². The van der Waals surface area contributed by atoms with Crippen LogP contribution in [0, 0.1) is 0 Å². The summed E-state index contributed by atoms with van der Waals surface area (Å²) >= 11 is 0. The van der Waals surface area contributed by atoms with Crippen molar-refractivity contribution in [1.82, 2.24) is 4.72 Å². The van der Waals surface area contributed by atoms with Gasteiger partial charge in [-0.05, 0) is 50.1 Å². The molecule has 0 aliphatic heterocycles. The molecule has 1 aliphatic carbocycles. The third-order valence-corrected chi connectivity index (χ3v) is 6.29. The van der Waals surface area contributed by atoms with E-state index in [0.717, 1.165) is 32.1 Å². The van der Waals surface area contributed by atoms with Gasteiger partial charge in [-0.15, -0.1) is 0 Å². The number of carbonyl (C=O) groups excluding carboxylic acids is 1. The third-order valence-electron chi connectivity index (χ3n) is 4.77. The van der Waals surface area contributed by atoms with Gasteiger partial charge in [0.25, 0.3) is 5.91 Å². The minimum absolute atomic E-state index is 0.0346. The SMILES string of the molecule is CCOc1ccc(S(=O)(=O)NC2CCCCC2)cc1NC(=O)c1ccccc1. The van der Waals surface area contributed by atoms with Crippen LogP contribution in [0.15, 0.2) is 53.4 Å². The molecule has 0 saturated heterocycles. The molecular weight excluding hydrogens is 376 g/mol. The Labute approximate surface area is 166 Å². The lowest BCUT2D eigenvalue weighted by Crippen LogP contribution is -2.36. The maximum absolute atomic E-state index is 12.8. The predicted octanol–water partition coefficient (Wildman–Crippen LogP) is 3.95. The van der Waals surface area contributed by atoms with Crippen LogP contribution in [0.3, 0.4) is 0 Å². The van der Waals surface area contributed by atoms with Crippen LogP contribution in [-0.2, 0) is 10.0 Å². The molecule has 28 heavy (non-hydrogen) atoms. The molecule has 1 fully saturated rings. The third kappa shape index (κ3) is 5.11. The van der Waals surface area contributed by atoms with Crippen LogP contribution in [0.1, 0.15) is 49.4 Å². The van der Waals surface area contributed by atoms with Gasteiger partial charge in [0.05, 0.1) is 17.2 Å². The van der Waals surface area contributed by atoms with Gasteiger partial charge in [-0.25, -0.2) is 13.1 Å². The zero-order chi connectivity index (χ0) is 20.0. The van der Waals surface area contributed by atoms with Gasteiger partial charge in [0, 0.05) is 11.6 Å². The van der Waals surface area contributed by atoms with Gasteiger partial charge in [0.1, 0.15) is 5.75 Å². The largest absolute Gasteiger partial charge is 0.492 e. The van der Waals surface area contributed by atoms with Gasteiger partial charge in [0.2, 0.25) is 10.0 Å². The number of anilines is 1. The summed E-state index contributed by atoms with van der Waals surface area (Å²) < 4.78 is 34.0. The molecule has 0 atom stereocenters. The molecule has 3 rings (SSSR count). The molecule has 0 aromatic heterocycles. The molecular formula is C21H26N2O4S. The first-order valence-electron chi connectivity index (χ1n) is 9.65. The molecule has 150 valence electrons. The highest BCUT2D eigenvalue weighted by Gasteiger charge is 2.23. The molecule has 0 radical (unpaired) electrons. The van der Waals surface area contributed by atoms with E-state index in [9.17, 15) is 13.2 Å². The number of carbonyl (C=O) groups is 1. The predicted molar refractivity (Wildman–Crippen MR) is 109 cm³/mol. The summed E-state index contributed by atoms with van der Waals surface area (Å²) in [4.78, 5) is 12.6. The van der Waals surface area contributed by atoms with Gasteiger partial charge in [-0.1, -0.05) is 37.5 Å². The Morgan fingerprint density at radius 3 is 2.46 bits per heavy atom. The number of hydrogen-bond donors (Lipinski definition) is 2. The molecule has 2 N–H and O–H groups in total. The average molecular weight is 403 g/mol. The molecule has 0 bridgehead atoms. The van der Waals surface area contributed by atoms with E-state index >= 15 is 0 Å². The van der Waals surface area contributed by atoms with Crippen molar-refractivity contribution >= 4 is 21.6 Å². The standard InChI is InChI=1S/C21H26N2O4S/c1-2-27-20-14-13-18(28(25,26)23-17-11-7-4-8-12-17)15-19(20)22-21(24)16-9-5-3-6-10-16/h3,5-6,9-10,13-15,17,23H,2,4,7-8,11-12H2,1H3,(H,22,24). The number of nitrogens with one attached hydrogen (secondary N) is 2. The lowest BCUT2D eigenvalue weighted by atomic mass is 9.96. The second-order valence-electron chi connectivity index (χ2n) is 6.87. The van der Waals surface area contributed by atoms with E-state index in [2.05, 4.69) is 10.0 Å². The second kappa shape index (κ2) is 9.21. The van der Waals surface area contributed by atoms with E-state index in [0.29, 0.717) is 23.6 Å². The second-order valence-corrected chi connectivity index (χ2v) is 8.58. The fraction of sp³-hybridized carbons (Fsp3) is 0.381. The van der Waals surface area contributed by atoms with Crippen LogP contribution < -0.4 is 14.8 Å². The highest BCUT2D eigenvalue weighted by Crippen LogP contribution is 2.29. The van der Waals surface area contributed by atoms with Crippen molar-refractivity contribution in [3.8, 4) is 5.75 Å². The first-order chi connectivity index (χ1) is 13.5. The minimum Gasteiger partial charge on any atom is -0.492 e. The summed E-state index contributed by atoms with van der Waals surface area (Å²) in [5.74, 6) is 0.111. The monoisotopic (exact) mass is 402 g/mol. The molecule has 2 aromatic rings. The average Bonchev–Trinajstić information content (AvgIpc) is 2.70. The Bertz CT molecular complexity index is 907. The Morgan fingerprint density at radius 2 is 1.79 bits per heavy atom. The van der Waals surface area contributed by atoms with E-state index in [1.54, 1.807) is 30.3 Å². The zero-order valence-corrected chi connectivity index (χ0v) is 16.8. The van der Waals surface area contributed by atoms with Crippen LogP contribution in [-0.4, -0.2) is 27.0 Å².